The Labute approximate surface area is 165 Å². The van der Waals surface area contributed by atoms with Crippen LogP contribution in [0.2, 0.25) is 0 Å². The van der Waals surface area contributed by atoms with E-state index in [9.17, 15) is 13.2 Å². The molecule has 7 nitrogen and oxygen atoms in total. The number of hydrogen-bond donors (Lipinski definition) is 1. The molecule has 1 aliphatic heterocycles. The van der Waals surface area contributed by atoms with Gasteiger partial charge in [-0.2, -0.15) is 0 Å². The summed E-state index contributed by atoms with van der Waals surface area (Å²) in [6.07, 6.45) is 0. The Morgan fingerprint density at radius 3 is 2.54 bits per heavy atom. The first-order valence-electron chi connectivity index (χ1n) is 8.90. The van der Waals surface area contributed by atoms with E-state index < -0.39 is 15.6 Å². The fourth-order valence-corrected chi connectivity index (χ4v) is 4.16. The van der Waals surface area contributed by atoms with Gasteiger partial charge in [0.1, 0.15) is 5.75 Å². The number of nitrogens with one attached hydrogen (secondary N) is 1. The molecule has 8 heteroatoms. The Hall–Kier alpha value is -2.58. The van der Waals surface area contributed by atoms with Gasteiger partial charge in [0.05, 0.1) is 30.8 Å². The molecule has 0 aliphatic carbocycles. The fourth-order valence-electron chi connectivity index (χ4n) is 3.06. The van der Waals surface area contributed by atoms with E-state index in [-0.39, 0.29) is 10.8 Å². The van der Waals surface area contributed by atoms with Crippen molar-refractivity contribution in [2.24, 2.45) is 0 Å². The molecule has 0 bridgehead atoms. The molecular formula is C20H24N2O5S. The fraction of sp³-hybridized carbons (Fsp3) is 0.350. The Morgan fingerprint density at radius 1 is 1.18 bits per heavy atom. The van der Waals surface area contributed by atoms with Gasteiger partial charge in [0, 0.05) is 17.8 Å². The minimum Gasteiger partial charge on any atom is -0.497 e. The number of methoxy groups -OCH3 is 1. The number of rotatable bonds is 5. The number of benzene rings is 2. The van der Waals surface area contributed by atoms with Crippen molar-refractivity contribution in [3.05, 3.63) is 54.1 Å². The summed E-state index contributed by atoms with van der Waals surface area (Å²) >= 11 is 0. The largest absolute Gasteiger partial charge is 0.497 e. The smallest absolute Gasteiger partial charge is 0.261 e. The predicted octanol–water partition coefficient (Wildman–Crippen LogP) is 2.75. The van der Waals surface area contributed by atoms with Crippen LogP contribution in [-0.4, -0.2) is 51.6 Å². The first-order valence-corrected chi connectivity index (χ1v) is 10.4. The second-order valence-electron chi connectivity index (χ2n) is 7.18. The molecule has 1 amide bonds. The number of amides is 1. The molecule has 28 heavy (non-hydrogen) atoms. The van der Waals surface area contributed by atoms with E-state index in [1.54, 1.807) is 41.3 Å². The average Bonchev–Trinajstić information content (AvgIpc) is 2.67. The lowest BCUT2D eigenvalue weighted by Gasteiger charge is -2.42. The number of carbonyl (C=O) groups is 1. The zero-order chi connectivity index (χ0) is 20.4. The summed E-state index contributed by atoms with van der Waals surface area (Å²) in [5.41, 5.74) is 0.283. The van der Waals surface area contributed by atoms with Crippen molar-refractivity contribution in [1.29, 1.82) is 0 Å². The van der Waals surface area contributed by atoms with Gasteiger partial charge < -0.3 is 14.4 Å². The number of anilines is 1. The van der Waals surface area contributed by atoms with Gasteiger partial charge in [-0.15, -0.1) is 0 Å². The lowest BCUT2D eigenvalue weighted by molar-refractivity contribution is -0.0370. The second kappa shape index (κ2) is 7.81. The quantitative estimate of drug-likeness (QED) is 0.828. The van der Waals surface area contributed by atoms with Gasteiger partial charge in [0.15, 0.2) is 0 Å². The van der Waals surface area contributed by atoms with Gasteiger partial charge in [-0.25, -0.2) is 8.42 Å². The van der Waals surface area contributed by atoms with E-state index in [1.165, 1.54) is 19.2 Å². The summed E-state index contributed by atoms with van der Waals surface area (Å²) in [7, 11) is -2.30. The molecule has 2 aromatic carbocycles. The lowest BCUT2D eigenvalue weighted by atomic mass is 10.0. The number of hydrogen-bond acceptors (Lipinski definition) is 5. The van der Waals surface area contributed by atoms with Crippen molar-refractivity contribution in [2.45, 2.75) is 24.3 Å². The van der Waals surface area contributed by atoms with Crippen molar-refractivity contribution in [3.8, 4) is 5.75 Å². The molecule has 3 rings (SSSR count). The van der Waals surface area contributed by atoms with E-state index >= 15 is 0 Å². The third-order valence-electron chi connectivity index (χ3n) is 4.62. The molecule has 1 heterocycles. The van der Waals surface area contributed by atoms with Crippen LogP contribution in [0.25, 0.3) is 0 Å². The highest BCUT2D eigenvalue weighted by molar-refractivity contribution is 7.92. The number of ether oxygens (including phenoxy) is 2. The Morgan fingerprint density at radius 2 is 1.89 bits per heavy atom. The number of nitrogens with zero attached hydrogens (tertiary/aromatic N) is 1. The zero-order valence-corrected chi connectivity index (χ0v) is 17.0. The molecule has 150 valence electrons. The minimum absolute atomic E-state index is 0.0280. The van der Waals surface area contributed by atoms with E-state index in [1.807, 2.05) is 13.8 Å². The molecular weight excluding hydrogens is 380 g/mol. The number of carbonyl (C=O) groups excluding carboxylic acids is 1. The van der Waals surface area contributed by atoms with E-state index in [0.717, 1.165) is 0 Å². The third kappa shape index (κ3) is 4.28. The highest BCUT2D eigenvalue weighted by Crippen LogP contribution is 2.24. The maximum absolute atomic E-state index is 13.0. The van der Waals surface area contributed by atoms with Crippen molar-refractivity contribution < 1.29 is 22.7 Å². The topological polar surface area (TPSA) is 84.9 Å². The molecule has 0 spiro atoms. The van der Waals surface area contributed by atoms with Crippen LogP contribution in [0.1, 0.15) is 24.2 Å². The number of morpholine rings is 1. The van der Waals surface area contributed by atoms with Gasteiger partial charge in [-0.3, -0.25) is 9.52 Å². The Kier molecular flexibility index (Phi) is 5.62. The summed E-state index contributed by atoms with van der Waals surface area (Å²) in [6.45, 7) is 5.22. The Balaban J connectivity index is 1.84. The molecule has 0 radical (unpaired) electrons. The molecule has 2 aromatic rings. The van der Waals surface area contributed by atoms with Gasteiger partial charge in [0.25, 0.3) is 15.9 Å². The van der Waals surface area contributed by atoms with Crippen molar-refractivity contribution >= 4 is 21.6 Å². The highest BCUT2D eigenvalue weighted by Gasteiger charge is 2.34. The molecule has 0 atom stereocenters. The minimum atomic E-state index is -3.83. The summed E-state index contributed by atoms with van der Waals surface area (Å²) in [5, 5.41) is 0. The van der Waals surface area contributed by atoms with Crippen LogP contribution in [0.4, 0.5) is 5.69 Å². The standard InChI is InChI=1S/C20H24N2O5S/c1-20(2)14-27-12-11-22(20)19(23)15-5-4-6-18(13-15)28(24,25)21-16-7-9-17(26-3)10-8-16/h4-10,13,21H,11-12,14H2,1-3H3. The van der Waals surface area contributed by atoms with E-state index in [0.29, 0.717) is 36.8 Å². The molecule has 1 N–H and O–H groups in total. The molecule has 1 fully saturated rings. The second-order valence-corrected chi connectivity index (χ2v) is 8.87. The normalized spacial score (nSPS) is 16.5. The van der Waals surface area contributed by atoms with Gasteiger partial charge in [-0.05, 0) is 56.3 Å². The van der Waals surface area contributed by atoms with Crippen LogP contribution in [0.3, 0.4) is 0 Å². The SMILES string of the molecule is COc1ccc(NS(=O)(=O)c2cccc(C(=O)N3CCOCC3(C)C)c2)cc1. The van der Waals surface area contributed by atoms with Crippen LogP contribution in [0.15, 0.2) is 53.4 Å². The first-order chi connectivity index (χ1) is 13.2. The molecule has 1 aliphatic rings. The van der Waals surface area contributed by atoms with Crippen LogP contribution in [0.5, 0.6) is 5.75 Å². The highest BCUT2D eigenvalue weighted by atomic mass is 32.2. The molecule has 0 saturated carbocycles. The summed E-state index contributed by atoms with van der Waals surface area (Å²) < 4.78 is 38.5. The maximum Gasteiger partial charge on any atom is 0.261 e. The molecule has 1 saturated heterocycles. The first kappa shape index (κ1) is 20.2. The molecule has 0 unspecified atom stereocenters. The summed E-state index contributed by atoms with van der Waals surface area (Å²) in [6, 6.07) is 12.6. The zero-order valence-electron chi connectivity index (χ0n) is 16.1. The van der Waals surface area contributed by atoms with Crippen LogP contribution >= 0.6 is 0 Å². The van der Waals surface area contributed by atoms with Gasteiger partial charge >= 0.3 is 0 Å². The van der Waals surface area contributed by atoms with Gasteiger partial charge in [-0.1, -0.05) is 6.07 Å². The monoisotopic (exact) mass is 404 g/mol. The van der Waals surface area contributed by atoms with Gasteiger partial charge in [0.2, 0.25) is 0 Å². The summed E-state index contributed by atoms with van der Waals surface area (Å²) in [5.74, 6) is 0.415. The number of sulfonamides is 1. The van der Waals surface area contributed by atoms with Crippen LogP contribution in [0, 0.1) is 0 Å². The predicted molar refractivity (Wildman–Crippen MR) is 106 cm³/mol. The average molecular weight is 404 g/mol. The van der Waals surface area contributed by atoms with Crippen molar-refractivity contribution in [1.82, 2.24) is 4.90 Å². The molecule has 0 aromatic heterocycles. The van der Waals surface area contributed by atoms with E-state index in [2.05, 4.69) is 4.72 Å². The van der Waals surface area contributed by atoms with Crippen LogP contribution < -0.4 is 9.46 Å². The van der Waals surface area contributed by atoms with E-state index in [4.69, 9.17) is 9.47 Å². The van der Waals surface area contributed by atoms with Crippen molar-refractivity contribution in [2.75, 3.05) is 31.6 Å². The lowest BCUT2D eigenvalue weighted by Crippen LogP contribution is -2.55. The Bertz CT molecular complexity index is 955. The van der Waals surface area contributed by atoms with Crippen molar-refractivity contribution in [3.63, 3.8) is 0 Å². The summed E-state index contributed by atoms with van der Waals surface area (Å²) in [4.78, 5) is 14.7. The maximum atomic E-state index is 13.0. The van der Waals surface area contributed by atoms with Crippen LogP contribution in [-0.2, 0) is 14.8 Å². The third-order valence-corrected chi connectivity index (χ3v) is 6.00.